The Bertz CT molecular complexity index is 468. The summed E-state index contributed by atoms with van der Waals surface area (Å²) in [6, 6.07) is 8.17. The Morgan fingerprint density at radius 2 is 2.25 bits per heavy atom. The number of nitrogens with one attached hydrogen (secondary N) is 1. The van der Waals surface area contributed by atoms with Gasteiger partial charge < -0.3 is 5.32 Å². The Balaban J connectivity index is 1.84. The number of tetrazole rings is 1. The zero-order valence-electron chi connectivity index (χ0n) is 8.89. The summed E-state index contributed by atoms with van der Waals surface area (Å²) < 4.78 is 1.09. The van der Waals surface area contributed by atoms with Crippen molar-refractivity contribution >= 4 is 15.9 Å². The van der Waals surface area contributed by atoms with Crippen LogP contribution in [0.15, 0.2) is 28.7 Å². The number of hydrogen-bond acceptors (Lipinski definition) is 4. The number of halogens is 1. The lowest BCUT2D eigenvalue weighted by molar-refractivity contribution is 0.619. The van der Waals surface area contributed by atoms with Gasteiger partial charge in [0.1, 0.15) is 0 Å². The third kappa shape index (κ3) is 3.11. The highest BCUT2D eigenvalue weighted by Crippen LogP contribution is 2.11. The Labute approximate surface area is 102 Å². The van der Waals surface area contributed by atoms with Crippen LogP contribution in [-0.2, 0) is 20.1 Å². The molecule has 5 nitrogen and oxygen atoms in total. The van der Waals surface area contributed by atoms with Crippen LogP contribution in [0.25, 0.3) is 0 Å². The molecule has 0 saturated carbocycles. The first-order chi connectivity index (χ1) is 7.74. The van der Waals surface area contributed by atoms with Crippen LogP contribution in [0, 0.1) is 0 Å². The topological polar surface area (TPSA) is 55.6 Å². The average molecular weight is 282 g/mol. The summed E-state index contributed by atoms with van der Waals surface area (Å²) in [7, 11) is 1.75. The average Bonchev–Trinajstić information content (AvgIpc) is 2.64. The first-order valence-electron chi connectivity index (χ1n) is 4.92. The number of aryl methyl sites for hydroxylation is 1. The highest BCUT2D eigenvalue weighted by Gasteiger charge is 1.99. The summed E-state index contributed by atoms with van der Waals surface area (Å²) in [6.07, 6.45) is 0. The second-order valence-electron chi connectivity index (χ2n) is 3.43. The predicted octanol–water partition coefficient (Wildman–Crippen LogP) is 1.26. The van der Waals surface area contributed by atoms with Crippen molar-refractivity contribution in [2.24, 2.45) is 7.05 Å². The smallest absolute Gasteiger partial charge is 0.188 e. The molecule has 0 bridgehead atoms. The van der Waals surface area contributed by atoms with Crippen LogP contribution < -0.4 is 5.32 Å². The summed E-state index contributed by atoms with van der Waals surface area (Å²) >= 11 is 3.44. The van der Waals surface area contributed by atoms with Gasteiger partial charge in [-0.05, 0) is 22.9 Å². The van der Waals surface area contributed by atoms with Gasteiger partial charge in [0, 0.05) is 11.0 Å². The fraction of sp³-hybridized carbons (Fsp3) is 0.300. The molecule has 1 heterocycles. The van der Waals surface area contributed by atoms with Crippen LogP contribution in [0.2, 0.25) is 0 Å². The van der Waals surface area contributed by atoms with Crippen molar-refractivity contribution in [3.8, 4) is 0 Å². The minimum Gasteiger partial charge on any atom is -0.306 e. The molecule has 0 aliphatic carbocycles. The predicted molar refractivity (Wildman–Crippen MR) is 63.5 cm³/mol. The first kappa shape index (κ1) is 11.2. The Kier molecular flexibility index (Phi) is 3.63. The maximum atomic E-state index is 4.08. The first-order valence-corrected chi connectivity index (χ1v) is 5.71. The van der Waals surface area contributed by atoms with E-state index in [9.17, 15) is 0 Å². The standard InChI is InChI=1S/C10H12BrN5/c1-16-14-10(13-15-16)7-12-6-8-3-2-4-9(11)5-8/h2-5,12H,6-7H2,1H3. The molecule has 84 valence electrons. The number of aromatic nitrogens is 4. The minimum absolute atomic E-state index is 0.625. The van der Waals surface area contributed by atoms with E-state index in [-0.39, 0.29) is 0 Å². The van der Waals surface area contributed by atoms with Crippen LogP contribution >= 0.6 is 15.9 Å². The van der Waals surface area contributed by atoms with E-state index in [2.05, 4.69) is 48.8 Å². The summed E-state index contributed by atoms with van der Waals surface area (Å²) in [5.41, 5.74) is 1.22. The molecule has 1 N–H and O–H groups in total. The molecule has 0 atom stereocenters. The fourth-order valence-corrected chi connectivity index (χ4v) is 1.81. The van der Waals surface area contributed by atoms with Gasteiger partial charge >= 0.3 is 0 Å². The number of hydrogen-bond donors (Lipinski definition) is 1. The number of nitrogens with zero attached hydrogens (tertiary/aromatic N) is 4. The molecule has 0 aliphatic rings. The maximum absolute atomic E-state index is 4.08. The molecule has 0 saturated heterocycles. The van der Waals surface area contributed by atoms with Crippen molar-refractivity contribution < 1.29 is 0 Å². The molecule has 0 spiro atoms. The lowest BCUT2D eigenvalue weighted by Crippen LogP contribution is -2.13. The van der Waals surface area contributed by atoms with Gasteiger partial charge in [0.2, 0.25) is 0 Å². The van der Waals surface area contributed by atoms with Crippen LogP contribution in [-0.4, -0.2) is 20.2 Å². The van der Waals surface area contributed by atoms with E-state index < -0.39 is 0 Å². The van der Waals surface area contributed by atoms with Crippen LogP contribution in [0.3, 0.4) is 0 Å². The minimum atomic E-state index is 0.625. The Morgan fingerprint density at radius 3 is 2.94 bits per heavy atom. The third-order valence-corrected chi connectivity index (χ3v) is 2.54. The van der Waals surface area contributed by atoms with Gasteiger partial charge in [-0.25, -0.2) is 0 Å². The quantitative estimate of drug-likeness (QED) is 0.917. The van der Waals surface area contributed by atoms with E-state index in [1.807, 2.05) is 12.1 Å². The number of benzene rings is 1. The van der Waals surface area contributed by atoms with Crippen molar-refractivity contribution in [2.75, 3.05) is 0 Å². The van der Waals surface area contributed by atoms with Crippen molar-refractivity contribution in [1.82, 2.24) is 25.5 Å². The van der Waals surface area contributed by atoms with Crippen LogP contribution in [0.4, 0.5) is 0 Å². The lowest BCUT2D eigenvalue weighted by atomic mass is 10.2. The van der Waals surface area contributed by atoms with Crippen molar-refractivity contribution in [3.63, 3.8) is 0 Å². The van der Waals surface area contributed by atoms with Gasteiger partial charge in [0.25, 0.3) is 0 Å². The second-order valence-corrected chi connectivity index (χ2v) is 4.34. The maximum Gasteiger partial charge on any atom is 0.188 e. The Hall–Kier alpha value is -1.27. The lowest BCUT2D eigenvalue weighted by Gasteiger charge is -2.02. The summed E-state index contributed by atoms with van der Waals surface area (Å²) in [4.78, 5) is 1.45. The van der Waals surface area contributed by atoms with E-state index in [0.717, 1.165) is 11.0 Å². The SMILES string of the molecule is Cn1nnc(CNCc2cccc(Br)c2)n1. The van der Waals surface area contributed by atoms with Crippen LogP contribution in [0.5, 0.6) is 0 Å². The van der Waals surface area contributed by atoms with E-state index in [0.29, 0.717) is 12.4 Å². The summed E-state index contributed by atoms with van der Waals surface area (Å²) in [5, 5.41) is 15.0. The van der Waals surface area contributed by atoms with Gasteiger partial charge in [0.15, 0.2) is 5.82 Å². The molecule has 1 aromatic carbocycles. The van der Waals surface area contributed by atoms with Gasteiger partial charge in [-0.2, -0.15) is 4.80 Å². The molecule has 6 heteroatoms. The molecular formula is C10H12BrN5. The normalized spacial score (nSPS) is 10.6. The molecule has 2 rings (SSSR count). The molecular weight excluding hydrogens is 270 g/mol. The molecule has 0 amide bonds. The Morgan fingerprint density at radius 1 is 1.38 bits per heavy atom. The zero-order chi connectivity index (χ0) is 11.4. The van der Waals surface area contributed by atoms with E-state index in [1.165, 1.54) is 10.4 Å². The number of rotatable bonds is 4. The molecule has 0 unspecified atom stereocenters. The monoisotopic (exact) mass is 281 g/mol. The molecule has 0 fully saturated rings. The van der Waals surface area contributed by atoms with E-state index in [1.54, 1.807) is 7.05 Å². The molecule has 0 aliphatic heterocycles. The fourth-order valence-electron chi connectivity index (χ4n) is 1.36. The zero-order valence-corrected chi connectivity index (χ0v) is 10.5. The highest BCUT2D eigenvalue weighted by molar-refractivity contribution is 9.10. The molecule has 0 radical (unpaired) electrons. The largest absolute Gasteiger partial charge is 0.306 e. The van der Waals surface area contributed by atoms with Gasteiger partial charge in [0.05, 0.1) is 13.6 Å². The summed E-state index contributed by atoms with van der Waals surface area (Å²) in [6.45, 7) is 1.41. The van der Waals surface area contributed by atoms with Gasteiger partial charge in [-0.15, -0.1) is 10.2 Å². The summed E-state index contributed by atoms with van der Waals surface area (Å²) in [5.74, 6) is 0.706. The molecule has 1 aromatic heterocycles. The van der Waals surface area contributed by atoms with E-state index >= 15 is 0 Å². The van der Waals surface area contributed by atoms with Crippen molar-refractivity contribution in [1.29, 1.82) is 0 Å². The second kappa shape index (κ2) is 5.18. The molecule has 16 heavy (non-hydrogen) atoms. The highest BCUT2D eigenvalue weighted by atomic mass is 79.9. The molecule has 2 aromatic rings. The van der Waals surface area contributed by atoms with Crippen molar-refractivity contribution in [3.05, 3.63) is 40.1 Å². The van der Waals surface area contributed by atoms with Gasteiger partial charge in [-0.3, -0.25) is 0 Å². The van der Waals surface area contributed by atoms with E-state index in [4.69, 9.17) is 0 Å². The van der Waals surface area contributed by atoms with Crippen LogP contribution in [0.1, 0.15) is 11.4 Å². The third-order valence-electron chi connectivity index (χ3n) is 2.05. The van der Waals surface area contributed by atoms with Crippen molar-refractivity contribution in [2.45, 2.75) is 13.1 Å². The van der Waals surface area contributed by atoms with Gasteiger partial charge in [-0.1, -0.05) is 28.1 Å².